The number of hydrogen-bond acceptors (Lipinski definition) is 6. The Labute approximate surface area is 198 Å². The van der Waals surface area contributed by atoms with E-state index in [-0.39, 0.29) is 17.6 Å². The molecule has 1 amide bonds. The van der Waals surface area contributed by atoms with Gasteiger partial charge in [0.25, 0.3) is 0 Å². The first-order valence-corrected chi connectivity index (χ1v) is 11.7. The SMILES string of the molecule is O=C(Nc1ccc(N2CCOCC2)cc1)C1CCCN(c2ncc(-c3ccc(F)cc3)cn2)C1. The molecule has 8 heteroatoms. The first-order valence-electron chi connectivity index (χ1n) is 11.7. The fourth-order valence-electron chi connectivity index (χ4n) is 4.47. The summed E-state index contributed by atoms with van der Waals surface area (Å²) in [7, 11) is 0. The van der Waals surface area contributed by atoms with Gasteiger partial charge < -0.3 is 19.9 Å². The van der Waals surface area contributed by atoms with Crippen molar-refractivity contribution in [2.75, 3.05) is 54.5 Å². The van der Waals surface area contributed by atoms with E-state index in [0.717, 1.165) is 68.2 Å². The van der Waals surface area contributed by atoms with Gasteiger partial charge in [0.2, 0.25) is 11.9 Å². The lowest BCUT2D eigenvalue weighted by atomic mass is 9.97. The minimum Gasteiger partial charge on any atom is -0.378 e. The third-order valence-electron chi connectivity index (χ3n) is 6.40. The normalized spacial score (nSPS) is 18.6. The van der Waals surface area contributed by atoms with Crippen LogP contribution in [0, 0.1) is 11.7 Å². The number of morpholine rings is 1. The molecule has 34 heavy (non-hydrogen) atoms. The van der Waals surface area contributed by atoms with Crippen molar-refractivity contribution in [2.45, 2.75) is 12.8 Å². The monoisotopic (exact) mass is 461 g/mol. The Morgan fingerprint density at radius 2 is 1.62 bits per heavy atom. The van der Waals surface area contributed by atoms with Gasteiger partial charge in [0.15, 0.2) is 0 Å². The maximum absolute atomic E-state index is 13.2. The van der Waals surface area contributed by atoms with Gasteiger partial charge in [0.05, 0.1) is 19.1 Å². The Balaban J connectivity index is 1.19. The molecule has 0 radical (unpaired) electrons. The van der Waals surface area contributed by atoms with Crippen molar-refractivity contribution in [2.24, 2.45) is 5.92 Å². The smallest absolute Gasteiger partial charge is 0.229 e. The van der Waals surface area contributed by atoms with Crippen LogP contribution in [0.1, 0.15) is 12.8 Å². The van der Waals surface area contributed by atoms with Crippen LogP contribution in [0.3, 0.4) is 0 Å². The molecule has 0 bridgehead atoms. The van der Waals surface area contributed by atoms with Crippen molar-refractivity contribution in [1.82, 2.24) is 9.97 Å². The summed E-state index contributed by atoms with van der Waals surface area (Å²) in [5, 5.41) is 3.07. The third kappa shape index (κ3) is 5.17. The fourth-order valence-corrected chi connectivity index (χ4v) is 4.47. The summed E-state index contributed by atoms with van der Waals surface area (Å²) in [5.41, 5.74) is 3.64. The number of rotatable bonds is 5. The second-order valence-corrected chi connectivity index (χ2v) is 8.70. The van der Waals surface area contributed by atoms with Gasteiger partial charge in [-0.2, -0.15) is 0 Å². The summed E-state index contributed by atoms with van der Waals surface area (Å²) < 4.78 is 18.6. The molecule has 2 saturated heterocycles. The number of aromatic nitrogens is 2. The molecule has 0 aliphatic carbocycles. The van der Waals surface area contributed by atoms with E-state index in [1.54, 1.807) is 24.5 Å². The van der Waals surface area contributed by atoms with Crippen molar-refractivity contribution in [3.63, 3.8) is 0 Å². The molecule has 2 aliphatic heterocycles. The van der Waals surface area contributed by atoms with Crippen LogP contribution in [-0.4, -0.2) is 55.3 Å². The van der Waals surface area contributed by atoms with Gasteiger partial charge in [0.1, 0.15) is 5.82 Å². The van der Waals surface area contributed by atoms with Crippen molar-refractivity contribution in [3.05, 3.63) is 66.7 Å². The molecule has 176 valence electrons. The molecule has 1 aromatic heterocycles. The van der Waals surface area contributed by atoms with Crippen LogP contribution in [0.25, 0.3) is 11.1 Å². The van der Waals surface area contributed by atoms with Crippen LogP contribution in [0.4, 0.5) is 21.7 Å². The molecule has 2 fully saturated rings. The zero-order chi connectivity index (χ0) is 23.3. The van der Waals surface area contributed by atoms with Crippen LogP contribution in [-0.2, 0) is 9.53 Å². The third-order valence-corrected chi connectivity index (χ3v) is 6.40. The maximum atomic E-state index is 13.2. The highest BCUT2D eigenvalue weighted by atomic mass is 19.1. The topological polar surface area (TPSA) is 70.6 Å². The molecule has 0 spiro atoms. The summed E-state index contributed by atoms with van der Waals surface area (Å²) in [5.74, 6) is 0.227. The average Bonchev–Trinajstić information content (AvgIpc) is 2.90. The number of nitrogens with zero attached hydrogens (tertiary/aromatic N) is 4. The molecular weight excluding hydrogens is 433 g/mol. The van der Waals surface area contributed by atoms with Gasteiger partial charge in [-0.3, -0.25) is 4.79 Å². The molecule has 2 aromatic carbocycles. The summed E-state index contributed by atoms with van der Waals surface area (Å²) in [4.78, 5) is 26.3. The molecule has 7 nitrogen and oxygen atoms in total. The Hall–Kier alpha value is -3.52. The fraction of sp³-hybridized carbons (Fsp3) is 0.346. The van der Waals surface area contributed by atoms with Gasteiger partial charge in [0, 0.05) is 55.5 Å². The average molecular weight is 462 g/mol. The molecule has 0 saturated carbocycles. The first-order chi connectivity index (χ1) is 16.7. The minimum atomic E-state index is -0.271. The van der Waals surface area contributed by atoms with E-state index in [1.165, 1.54) is 12.1 Å². The number of nitrogens with one attached hydrogen (secondary N) is 1. The van der Waals surface area contributed by atoms with Crippen molar-refractivity contribution < 1.29 is 13.9 Å². The van der Waals surface area contributed by atoms with E-state index >= 15 is 0 Å². The lowest BCUT2D eigenvalue weighted by Crippen LogP contribution is -2.41. The number of hydrogen-bond donors (Lipinski definition) is 1. The van der Waals surface area contributed by atoms with Gasteiger partial charge in [-0.25, -0.2) is 14.4 Å². The number of anilines is 3. The van der Waals surface area contributed by atoms with E-state index < -0.39 is 0 Å². The second kappa shape index (κ2) is 10.2. The number of carbonyl (C=O) groups excluding carboxylic acids is 1. The highest BCUT2D eigenvalue weighted by Crippen LogP contribution is 2.25. The van der Waals surface area contributed by atoms with Gasteiger partial charge in [-0.05, 0) is 54.8 Å². The molecule has 1 unspecified atom stereocenters. The van der Waals surface area contributed by atoms with E-state index in [2.05, 4.69) is 25.1 Å². The summed E-state index contributed by atoms with van der Waals surface area (Å²) in [6, 6.07) is 14.3. The highest BCUT2D eigenvalue weighted by Gasteiger charge is 2.27. The van der Waals surface area contributed by atoms with Crippen LogP contribution < -0.4 is 15.1 Å². The highest BCUT2D eigenvalue weighted by molar-refractivity contribution is 5.93. The zero-order valence-electron chi connectivity index (χ0n) is 19.0. The minimum absolute atomic E-state index is 0.0201. The van der Waals surface area contributed by atoms with E-state index in [0.29, 0.717) is 12.5 Å². The Bertz CT molecular complexity index is 1100. The second-order valence-electron chi connectivity index (χ2n) is 8.70. The van der Waals surface area contributed by atoms with Crippen LogP contribution >= 0.6 is 0 Å². The van der Waals surface area contributed by atoms with Crippen LogP contribution in [0.2, 0.25) is 0 Å². The predicted octanol–water partition coefficient (Wildman–Crippen LogP) is 3.97. The first kappa shape index (κ1) is 22.3. The van der Waals surface area contributed by atoms with Crippen molar-refractivity contribution >= 4 is 23.2 Å². The number of carbonyl (C=O) groups is 1. The standard InChI is InChI=1S/C26H28FN5O2/c27-22-5-3-19(4-6-22)21-16-28-26(29-17-21)32-11-1-2-20(18-32)25(33)30-23-7-9-24(10-8-23)31-12-14-34-15-13-31/h3-10,16-17,20H,1-2,11-15,18H2,(H,30,33). The van der Waals surface area contributed by atoms with Crippen molar-refractivity contribution in [3.8, 4) is 11.1 Å². The number of ether oxygens (including phenoxy) is 1. The van der Waals surface area contributed by atoms with Gasteiger partial charge >= 0.3 is 0 Å². The number of benzene rings is 2. The molecule has 3 heterocycles. The predicted molar refractivity (Wildman–Crippen MR) is 130 cm³/mol. The molecule has 5 rings (SSSR count). The molecule has 3 aromatic rings. The summed E-state index contributed by atoms with van der Waals surface area (Å²) >= 11 is 0. The zero-order valence-corrected chi connectivity index (χ0v) is 19.0. The van der Waals surface area contributed by atoms with Gasteiger partial charge in [-0.1, -0.05) is 12.1 Å². The lowest BCUT2D eigenvalue weighted by Gasteiger charge is -2.32. The number of piperidine rings is 1. The Morgan fingerprint density at radius 1 is 0.912 bits per heavy atom. The van der Waals surface area contributed by atoms with Gasteiger partial charge in [-0.15, -0.1) is 0 Å². The van der Waals surface area contributed by atoms with Crippen LogP contribution in [0.5, 0.6) is 0 Å². The Morgan fingerprint density at radius 3 is 2.32 bits per heavy atom. The molecule has 1 atom stereocenters. The number of amides is 1. The molecule has 2 aliphatic rings. The summed E-state index contributed by atoms with van der Waals surface area (Å²) in [6.07, 6.45) is 5.23. The summed E-state index contributed by atoms with van der Waals surface area (Å²) in [6.45, 7) is 4.65. The lowest BCUT2D eigenvalue weighted by molar-refractivity contribution is -0.120. The van der Waals surface area contributed by atoms with Crippen LogP contribution in [0.15, 0.2) is 60.9 Å². The quantitative estimate of drug-likeness (QED) is 0.620. The molecular formula is C26H28FN5O2. The maximum Gasteiger partial charge on any atom is 0.229 e. The number of halogens is 1. The molecule has 1 N–H and O–H groups in total. The van der Waals surface area contributed by atoms with Crippen molar-refractivity contribution in [1.29, 1.82) is 0 Å². The largest absolute Gasteiger partial charge is 0.378 e. The van der Waals surface area contributed by atoms with E-state index in [1.807, 2.05) is 24.3 Å². The Kier molecular flexibility index (Phi) is 6.67. The van der Waals surface area contributed by atoms with E-state index in [9.17, 15) is 9.18 Å². The van der Waals surface area contributed by atoms with E-state index in [4.69, 9.17) is 4.74 Å².